The van der Waals surface area contributed by atoms with Crippen molar-refractivity contribution in [3.8, 4) is 0 Å². The molecule has 0 aromatic carbocycles. The number of carbonyl (C=O) groups is 1. The minimum Gasteiger partial charge on any atom is -0.748 e. The van der Waals surface area contributed by atoms with Crippen LogP contribution in [-0.2, 0) is 19.6 Å². The molecule has 0 saturated heterocycles. The fourth-order valence-electron chi connectivity index (χ4n) is 2.58. The molecule has 142 valence electrons. The highest BCUT2D eigenvalue weighted by Crippen LogP contribution is 2.47. The summed E-state index contributed by atoms with van der Waals surface area (Å²) in [4.78, 5) is 11.6. The monoisotopic (exact) mass is 385 g/mol. The van der Waals surface area contributed by atoms with Crippen LogP contribution in [0, 0.1) is 5.92 Å². The van der Waals surface area contributed by atoms with Crippen LogP contribution in [0.2, 0.25) is 0 Å². The van der Waals surface area contributed by atoms with E-state index in [0.29, 0.717) is 25.7 Å². The van der Waals surface area contributed by atoms with Crippen LogP contribution in [-0.4, -0.2) is 42.6 Å². The Balaban J connectivity index is 3.09. The predicted octanol–water partition coefficient (Wildman–Crippen LogP) is 2.91. The van der Waals surface area contributed by atoms with E-state index in [1.165, 1.54) is 0 Å². The van der Waals surface area contributed by atoms with E-state index in [-0.39, 0.29) is 0 Å². The van der Waals surface area contributed by atoms with E-state index < -0.39 is 52.1 Å². The first-order valence-electron chi connectivity index (χ1n) is 6.97. The number of halogens is 6. The van der Waals surface area contributed by atoms with Gasteiger partial charge in [0.05, 0.1) is 15.9 Å². The average molecular weight is 385 g/mol. The zero-order valence-corrected chi connectivity index (χ0v) is 13.1. The van der Waals surface area contributed by atoms with Crippen molar-refractivity contribution in [1.29, 1.82) is 0 Å². The van der Waals surface area contributed by atoms with Crippen molar-refractivity contribution in [1.82, 2.24) is 0 Å². The van der Waals surface area contributed by atoms with Gasteiger partial charge in [-0.25, -0.2) is 8.42 Å². The number of alkyl halides is 6. The van der Waals surface area contributed by atoms with Gasteiger partial charge in [0.15, 0.2) is 0 Å². The summed E-state index contributed by atoms with van der Waals surface area (Å²) >= 11 is 0. The molecule has 0 heterocycles. The average Bonchev–Trinajstić information content (AvgIpc) is 2.34. The SMILES string of the molecule is O=C(CC1CCCCC1)OC(CS(=O)(=O)[O-])(C(F)(F)F)C(F)(F)F. The Kier molecular flexibility index (Phi) is 6.18. The van der Waals surface area contributed by atoms with Gasteiger partial charge in [-0.1, -0.05) is 19.3 Å². The van der Waals surface area contributed by atoms with E-state index >= 15 is 0 Å². The van der Waals surface area contributed by atoms with Gasteiger partial charge in [0, 0.05) is 6.42 Å². The first-order chi connectivity index (χ1) is 10.7. The third-order valence-corrected chi connectivity index (χ3v) is 4.52. The van der Waals surface area contributed by atoms with Crippen molar-refractivity contribution in [3.63, 3.8) is 0 Å². The van der Waals surface area contributed by atoms with Gasteiger partial charge in [-0.15, -0.1) is 0 Å². The second-order valence-corrected chi connectivity index (χ2v) is 7.11. The Labute approximate surface area is 134 Å². The number of hydrogen-bond acceptors (Lipinski definition) is 5. The molecule has 1 fully saturated rings. The van der Waals surface area contributed by atoms with Crippen LogP contribution in [0.3, 0.4) is 0 Å². The molecule has 5 nitrogen and oxygen atoms in total. The zero-order chi connectivity index (χ0) is 18.8. The Morgan fingerprint density at radius 2 is 1.46 bits per heavy atom. The van der Waals surface area contributed by atoms with E-state index in [4.69, 9.17) is 0 Å². The van der Waals surface area contributed by atoms with Crippen molar-refractivity contribution < 1.29 is 48.8 Å². The first-order valence-corrected chi connectivity index (χ1v) is 8.54. The van der Waals surface area contributed by atoms with E-state index in [0.717, 1.165) is 6.42 Å². The molecule has 0 aromatic heterocycles. The Morgan fingerprint density at radius 3 is 1.83 bits per heavy atom. The van der Waals surface area contributed by atoms with Gasteiger partial charge in [0.1, 0.15) is 0 Å². The molecule has 1 aliphatic rings. The van der Waals surface area contributed by atoms with Crippen molar-refractivity contribution in [2.75, 3.05) is 5.75 Å². The molecule has 1 saturated carbocycles. The smallest absolute Gasteiger partial charge is 0.438 e. The Bertz CT molecular complexity index is 533. The molecule has 0 atom stereocenters. The molecule has 0 radical (unpaired) electrons. The van der Waals surface area contributed by atoms with Gasteiger partial charge in [-0.2, -0.15) is 26.3 Å². The van der Waals surface area contributed by atoms with Gasteiger partial charge in [0.2, 0.25) is 0 Å². The number of hydrogen-bond donors (Lipinski definition) is 0. The van der Waals surface area contributed by atoms with E-state index in [1.54, 1.807) is 0 Å². The Hall–Kier alpha value is -1.04. The lowest BCUT2D eigenvalue weighted by atomic mass is 9.87. The molecule has 0 aliphatic heterocycles. The lowest BCUT2D eigenvalue weighted by molar-refractivity contribution is -0.361. The number of esters is 1. The summed E-state index contributed by atoms with van der Waals surface area (Å²) in [5, 5.41) is 0. The summed E-state index contributed by atoms with van der Waals surface area (Å²) in [6, 6.07) is 0. The van der Waals surface area contributed by atoms with Crippen LogP contribution < -0.4 is 0 Å². The van der Waals surface area contributed by atoms with Gasteiger partial charge in [0.25, 0.3) is 0 Å². The molecule has 1 rings (SSSR count). The quantitative estimate of drug-likeness (QED) is 0.413. The van der Waals surface area contributed by atoms with Gasteiger partial charge in [-0.05, 0) is 18.8 Å². The summed E-state index contributed by atoms with van der Waals surface area (Å²) in [6.07, 6.45) is -10.2. The molecule has 0 amide bonds. The molecule has 1 aliphatic carbocycles. The zero-order valence-electron chi connectivity index (χ0n) is 12.2. The second kappa shape index (κ2) is 7.06. The third-order valence-electron chi connectivity index (χ3n) is 3.76. The van der Waals surface area contributed by atoms with E-state index in [1.807, 2.05) is 0 Å². The fourth-order valence-corrected chi connectivity index (χ4v) is 3.47. The van der Waals surface area contributed by atoms with Crippen molar-refractivity contribution in [3.05, 3.63) is 0 Å². The summed E-state index contributed by atoms with van der Waals surface area (Å²) in [5.74, 6) is -5.22. The molecule has 0 N–H and O–H groups in total. The molecular formula is C12H15F6O5S-. The lowest BCUT2D eigenvalue weighted by Crippen LogP contribution is -2.63. The highest BCUT2D eigenvalue weighted by atomic mass is 32.2. The van der Waals surface area contributed by atoms with Gasteiger partial charge >= 0.3 is 23.9 Å². The van der Waals surface area contributed by atoms with E-state index in [2.05, 4.69) is 4.74 Å². The summed E-state index contributed by atoms with van der Waals surface area (Å²) < 4.78 is 113. The maximum atomic E-state index is 12.9. The maximum Gasteiger partial charge on any atom is 0.438 e. The molecular weight excluding hydrogens is 370 g/mol. The minimum absolute atomic E-state index is 0.436. The van der Waals surface area contributed by atoms with E-state index in [9.17, 15) is 44.1 Å². The highest BCUT2D eigenvalue weighted by Gasteiger charge is 2.75. The van der Waals surface area contributed by atoms with Crippen LogP contribution in [0.15, 0.2) is 0 Å². The van der Waals surface area contributed by atoms with Crippen LogP contribution in [0.1, 0.15) is 38.5 Å². The minimum atomic E-state index is -6.31. The summed E-state index contributed by atoms with van der Waals surface area (Å²) in [7, 11) is -5.99. The molecule has 0 spiro atoms. The topological polar surface area (TPSA) is 83.5 Å². The number of rotatable bonds is 5. The van der Waals surface area contributed by atoms with Crippen molar-refractivity contribution >= 4 is 16.1 Å². The van der Waals surface area contributed by atoms with Crippen LogP contribution >= 0.6 is 0 Å². The molecule has 12 heteroatoms. The van der Waals surface area contributed by atoms with Crippen molar-refractivity contribution in [2.24, 2.45) is 5.92 Å². The summed E-state index contributed by atoms with van der Waals surface area (Å²) in [5.41, 5.74) is -5.37. The molecule has 0 aromatic rings. The molecule has 0 unspecified atom stereocenters. The lowest BCUT2D eigenvalue weighted by Gasteiger charge is -2.37. The van der Waals surface area contributed by atoms with Crippen molar-refractivity contribution in [2.45, 2.75) is 56.5 Å². The Morgan fingerprint density at radius 1 is 1.00 bits per heavy atom. The van der Waals surface area contributed by atoms with Crippen LogP contribution in [0.4, 0.5) is 26.3 Å². The van der Waals surface area contributed by atoms with Crippen LogP contribution in [0.25, 0.3) is 0 Å². The third kappa shape index (κ3) is 5.23. The normalized spacial score (nSPS) is 18.5. The fraction of sp³-hybridized carbons (Fsp3) is 0.917. The number of ether oxygens (including phenoxy) is 1. The second-order valence-electron chi connectivity index (χ2n) is 5.71. The highest BCUT2D eigenvalue weighted by molar-refractivity contribution is 7.85. The maximum absolute atomic E-state index is 12.9. The van der Waals surface area contributed by atoms with Gasteiger partial charge < -0.3 is 9.29 Å². The van der Waals surface area contributed by atoms with Gasteiger partial charge in [-0.3, -0.25) is 4.79 Å². The van der Waals surface area contributed by atoms with Crippen LogP contribution in [0.5, 0.6) is 0 Å². The largest absolute Gasteiger partial charge is 0.748 e. The first kappa shape index (κ1) is 21.0. The predicted molar refractivity (Wildman–Crippen MR) is 66.7 cm³/mol. The molecule has 0 bridgehead atoms. The standard InChI is InChI=1S/C12H16F6O5S/c13-11(14,15)10(12(16,17)18,7-24(20,21)22)23-9(19)6-8-4-2-1-3-5-8/h8H,1-7H2,(H,20,21,22)/p-1. The summed E-state index contributed by atoms with van der Waals surface area (Å²) in [6.45, 7) is 0. The number of carbonyl (C=O) groups excluding carboxylic acids is 1. The molecule has 24 heavy (non-hydrogen) atoms.